The lowest BCUT2D eigenvalue weighted by Crippen LogP contribution is -2.27. The summed E-state index contributed by atoms with van der Waals surface area (Å²) in [5, 5.41) is 2.84. The van der Waals surface area contributed by atoms with Crippen LogP contribution in [-0.4, -0.2) is 32.0 Å². The predicted molar refractivity (Wildman–Crippen MR) is 117 cm³/mol. The van der Waals surface area contributed by atoms with Gasteiger partial charge >= 0.3 is 6.08 Å². The van der Waals surface area contributed by atoms with E-state index in [0.717, 1.165) is 18.7 Å². The Labute approximate surface area is 181 Å². The van der Waals surface area contributed by atoms with Crippen LogP contribution < -0.4 is 11.1 Å². The molecule has 2 aromatic heterocycles. The molecule has 1 aromatic carbocycles. The average molecular weight is 508 g/mol. The molecule has 3 aromatic rings. The first kappa shape index (κ1) is 20.0. The Kier molecular flexibility index (Phi) is 5.66. The molecule has 0 saturated carbocycles. The fourth-order valence-electron chi connectivity index (χ4n) is 3.79. The van der Waals surface area contributed by atoms with Crippen LogP contribution in [0.25, 0.3) is 11.2 Å². The summed E-state index contributed by atoms with van der Waals surface area (Å²) in [6.45, 7) is 2.62. The third-order valence-corrected chi connectivity index (χ3v) is 6.27. The van der Waals surface area contributed by atoms with Gasteiger partial charge in [-0.1, -0.05) is 13.0 Å². The van der Waals surface area contributed by atoms with E-state index in [0.29, 0.717) is 37.1 Å². The number of nitrogens with zero attached hydrogens (tertiary/aromatic N) is 4. The van der Waals surface area contributed by atoms with E-state index in [-0.39, 0.29) is 11.7 Å². The number of nitrogens with two attached hydrogens (primary N) is 1. The number of aromatic nitrogens is 4. The number of nitrogens with one attached hydrogen (secondary N) is 1. The summed E-state index contributed by atoms with van der Waals surface area (Å²) < 4.78 is 16.8. The van der Waals surface area contributed by atoms with Gasteiger partial charge in [0.1, 0.15) is 5.82 Å². The highest BCUT2D eigenvalue weighted by Gasteiger charge is 2.19. The number of rotatable bonds is 6. The Hall–Kier alpha value is -2.30. The molecule has 1 aliphatic carbocycles. The number of carbonyl (C=O) groups excluding carboxylic acids is 1. The second-order valence-electron chi connectivity index (χ2n) is 7.18. The number of carbonyl (C=O) groups is 1. The van der Waals surface area contributed by atoms with Gasteiger partial charge in [-0.2, -0.15) is 14.4 Å². The summed E-state index contributed by atoms with van der Waals surface area (Å²) in [4.78, 5) is 23.8. The molecule has 1 aliphatic rings. The van der Waals surface area contributed by atoms with Gasteiger partial charge in [-0.3, -0.25) is 4.79 Å². The van der Waals surface area contributed by atoms with Crippen molar-refractivity contribution in [2.45, 2.75) is 45.6 Å². The van der Waals surface area contributed by atoms with Crippen LogP contribution in [0.15, 0.2) is 12.1 Å². The first-order chi connectivity index (χ1) is 14.0. The minimum Gasteiger partial charge on any atom is -0.382 e. The molecule has 0 unspecified atom stereocenters. The maximum Gasteiger partial charge on any atom is 0.312 e. The minimum atomic E-state index is -0.882. The van der Waals surface area contributed by atoms with Crippen molar-refractivity contribution in [3.8, 4) is 0 Å². The smallest absolute Gasteiger partial charge is 0.312 e. The van der Waals surface area contributed by atoms with Crippen molar-refractivity contribution in [3.05, 3.63) is 44.3 Å². The zero-order valence-electron chi connectivity index (χ0n) is 16.1. The van der Waals surface area contributed by atoms with Crippen LogP contribution in [-0.2, 0) is 30.6 Å². The second kappa shape index (κ2) is 8.21. The maximum absolute atomic E-state index is 13.8. The number of fused-ring (bicyclic) bond motifs is 2. The first-order valence-corrected chi connectivity index (χ1v) is 10.8. The van der Waals surface area contributed by atoms with Gasteiger partial charge in [-0.25, -0.2) is 4.98 Å². The van der Waals surface area contributed by atoms with Gasteiger partial charge in [0.25, 0.3) is 0 Å². The molecule has 0 radical (unpaired) electrons. The average Bonchev–Trinajstić information content (AvgIpc) is 3.26. The Balaban J connectivity index is 1.72. The first-order valence-electron chi connectivity index (χ1n) is 9.71. The summed E-state index contributed by atoms with van der Waals surface area (Å²) in [5.74, 6) is 0.714. The van der Waals surface area contributed by atoms with Crippen LogP contribution >= 0.6 is 22.6 Å². The van der Waals surface area contributed by atoms with E-state index in [1.54, 1.807) is 6.92 Å². The molecule has 0 atom stereocenters. The van der Waals surface area contributed by atoms with E-state index in [2.05, 4.69) is 55.0 Å². The number of aryl methyl sites for hydroxylation is 2. The number of imidazole rings is 1. The molecule has 7 nitrogen and oxygen atoms in total. The number of benzene rings is 1. The van der Waals surface area contributed by atoms with Crippen molar-refractivity contribution in [1.82, 2.24) is 24.8 Å². The van der Waals surface area contributed by atoms with Crippen LogP contribution in [0, 0.1) is 9.65 Å². The zero-order valence-corrected chi connectivity index (χ0v) is 18.3. The molecule has 0 saturated heterocycles. The molecule has 152 valence electrons. The van der Waals surface area contributed by atoms with E-state index in [4.69, 9.17) is 5.73 Å². The second-order valence-corrected chi connectivity index (χ2v) is 8.34. The van der Waals surface area contributed by atoms with Gasteiger partial charge in [0, 0.05) is 29.5 Å². The summed E-state index contributed by atoms with van der Waals surface area (Å²) in [7, 11) is 0. The molecule has 0 aliphatic heterocycles. The van der Waals surface area contributed by atoms with E-state index in [9.17, 15) is 9.18 Å². The minimum absolute atomic E-state index is 0.0220. The number of halogens is 2. The molecule has 4 rings (SSSR count). The standard InChI is InChI=1S/C20H22FIN6O/c1-2-16(29)24-6-7-28-15(25-17-18(23)26-20(21)27-19(17)28)10-13-8-11-4-3-5-12(11)9-14(13)22/h8-9H,2-7,10H2,1H3,(H,24,29)(H2,23,26,27). The van der Waals surface area contributed by atoms with E-state index < -0.39 is 6.08 Å². The third kappa shape index (κ3) is 4.05. The molecule has 0 spiro atoms. The molecular formula is C20H22FIN6O. The van der Waals surface area contributed by atoms with Gasteiger partial charge in [0.2, 0.25) is 5.91 Å². The Morgan fingerprint density at radius 1 is 1.28 bits per heavy atom. The fourth-order valence-corrected chi connectivity index (χ4v) is 4.51. The molecule has 3 N–H and O–H groups in total. The Bertz CT molecular complexity index is 1100. The van der Waals surface area contributed by atoms with Crippen LogP contribution in [0.1, 0.15) is 42.3 Å². The Morgan fingerprint density at radius 2 is 2.03 bits per heavy atom. The lowest BCUT2D eigenvalue weighted by atomic mass is 10.0. The fraction of sp³-hybridized carbons (Fsp3) is 0.400. The van der Waals surface area contributed by atoms with Crippen molar-refractivity contribution in [1.29, 1.82) is 0 Å². The van der Waals surface area contributed by atoms with Crippen LogP contribution in [0.3, 0.4) is 0 Å². The van der Waals surface area contributed by atoms with Gasteiger partial charge in [0.15, 0.2) is 17.0 Å². The predicted octanol–water partition coefficient (Wildman–Crippen LogP) is 2.76. The summed E-state index contributed by atoms with van der Waals surface area (Å²) >= 11 is 2.36. The highest BCUT2D eigenvalue weighted by atomic mass is 127. The quantitative estimate of drug-likeness (QED) is 0.394. The monoisotopic (exact) mass is 508 g/mol. The number of nitrogen functional groups attached to an aromatic ring is 1. The van der Waals surface area contributed by atoms with Gasteiger partial charge in [0.05, 0.1) is 0 Å². The Morgan fingerprint density at radius 3 is 2.79 bits per heavy atom. The molecule has 1 amide bonds. The summed E-state index contributed by atoms with van der Waals surface area (Å²) in [5.41, 5.74) is 10.6. The molecule has 0 fully saturated rings. The van der Waals surface area contributed by atoms with Gasteiger partial charge < -0.3 is 15.6 Å². The van der Waals surface area contributed by atoms with Crippen LogP contribution in [0.5, 0.6) is 0 Å². The number of hydrogen-bond acceptors (Lipinski definition) is 5. The highest BCUT2D eigenvalue weighted by molar-refractivity contribution is 14.1. The van der Waals surface area contributed by atoms with Gasteiger partial charge in [-0.15, -0.1) is 0 Å². The van der Waals surface area contributed by atoms with Crippen LogP contribution in [0.4, 0.5) is 10.2 Å². The summed E-state index contributed by atoms with van der Waals surface area (Å²) in [6.07, 6.45) is 3.52. The lowest BCUT2D eigenvalue weighted by molar-refractivity contribution is -0.120. The van der Waals surface area contributed by atoms with Crippen molar-refractivity contribution < 1.29 is 9.18 Å². The lowest BCUT2D eigenvalue weighted by Gasteiger charge is -2.12. The van der Waals surface area contributed by atoms with Crippen molar-refractivity contribution in [2.75, 3.05) is 12.3 Å². The number of amides is 1. The zero-order chi connectivity index (χ0) is 20.5. The van der Waals surface area contributed by atoms with Gasteiger partial charge in [-0.05, 0) is 64.6 Å². The number of anilines is 1. The third-order valence-electron chi connectivity index (χ3n) is 5.26. The molecule has 29 heavy (non-hydrogen) atoms. The molecular weight excluding hydrogens is 486 g/mol. The SMILES string of the molecule is CCC(=O)NCCn1c(Cc2cc3c(cc2I)CCC3)nc2c(N)nc(F)nc21. The highest BCUT2D eigenvalue weighted by Crippen LogP contribution is 2.29. The normalized spacial score (nSPS) is 13.1. The number of hydrogen-bond donors (Lipinski definition) is 2. The van der Waals surface area contributed by atoms with E-state index in [1.807, 2.05) is 4.57 Å². The topological polar surface area (TPSA) is 98.7 Å². The van der Waals surface area contributed by atoms with E-state index >= 15 is 0 Å². The van der Waals surface area contributed by atoms with Crippen molar-refractivity contribution in [2.24, 2.45) is 0 Å². The molecule has 0 bridgehead atoms. The largest absolute Gasteiger partial charge is 0.382 e. The van der Waals surface area contributed by atoms with Crippen molar-refractivity contribution >= 4 is 45.5 Å². The van der Waals surface area contributed by atoms with Crippen molar-refractivity contribution in [3.63, 3.8) is 0 Å². The van der Waals surface area contributed by atoms with E-state index in [1.165, 1.54) is 26.7 Å². The maximum atomic E-state index is 13.8. The molecule has 2 heterocycles. The van der Waals surface area contributed by atoms with Crippen LogP contribution in [0.2, 0.25) is 0 Å². The molecule has 9 heteroatoms. The summed E-state index contributed by atoms with van der Waals surface area (Å²) in [6, 6.07) is 4.50.